The molecule has 13 heteroatoms. The summed E-state index contributed by atoms with van der Waals surface area (Å²) in [5, 5.41) is 41.8. The predicted molar refractivity (Wildman–Crippen MR) is 151 cm³/mol. The highest BCUT2D eigenvalue weighted by Gasteiger charge is 2.62. The Morgan fingerprint density at radius 1 is 0.659 bits per heavy atom. The molecule has 2 unspecified atom stereocenters. The summed E-state index contributed by atoms with van der Waals surface area (Å²) in [5.74, 6) is 0.496. The average molecular weight is 601 g/mol. The predicted octanol–water partition coefficient (Wildman–Crippen LogP) is 6.50. The third-order valence-electron chi connectivity index (χ3n) is 8.15. The molecule has 44 heavy (non-hydrogen) atoms. The monoisotopic (exact) mass is 600 g/mol. The zero-order valence-electron chi connectivity index (χ0n) is 22.8. The fourth-order valence-corrected chi connectivity index (χ4v) is 6.24. The topological polar surface area (TPSA) is 173 Å². The normalized spacial score (nSPS) is 25.0. The van der Waals surface area contributed by atoms with Crippen molar-refractivity contribution in [1.82, 2.24) is 0 Å². The molecule has 3 heterocycles. The molecule has 4 aliphatic rings. The molecule has 0 aromatic heterocycles. The van der Waals surface area contributed by atoms with E-state index in [1.807, 2.05) is 24.3 Å². The fraction of sp³-hybridized carbons (Fsp3) is 0.226. The van der Waals surface area contributed by atoms with Gasteiger partial charge in [-0.1, -0.05) is 24.3 Å². The molecular formula is C31H24N2O11. The number of hydrogen-bond acceptors (Lipinski definition) is 11. The molecule has 0 radical (unpaired) electrons. The van der Waals surface area contributed by atoms with E-state index in [2.05, 4.69) is 0 Å². The highest BCUT2D eigenvalue weighted by molar-refractivity contribution is 5.51. The Morgan fingerprint density at radius 2 is 1.07 bits per heavy atom. The van der Waals surface area contributed by atoms with Crippen molar-refractivity contribution in [2.45, 2.75) is 43.0 Å². The number of nitro benzene ring substituents is 2. The zero-order chi connectivity index (χ0) is 30.6. The summed E-state index contributed by atoms with van der Waals surface area (Å²) in [4.78, 5) is 20.6. The molecule has 4 aromatic rings. The number of benzene rings is 4. The average Bonchev–Trinajstić information content (AvgIpc) is 2.97. The maximum atomic E-state index is 11.0. The minimum absolute atomic E-state index is 0.103. The van der Waals surface area contributed by atoms with Crippen LogP contribution in [0.1, 0.15) is 30.4 Å². The van der Waals surface area contributed by atoms with E-state index in [1.165, 1.54) is 36.4 Å². The Labute approximate surface area is 249 Å². The second kappa shape index (κ2) is 10.2. The van der Waals surface area contributed by atoms with Crippen molar-refractivity contribution in [3.05, 3.63) is 116 Å². The lowest BCUT2D eigenvalue weighted by atomic mass is 9.66. The SMILES string of the molecule is O=[N+]([O-])c1ccc(Oc2ccc(C34CC5CC(c6ccc(Oc7ccc([N+](=O)[O-])c(O)c7)cc6)(C3)OC(O5)O4)cc2)cc1O. The van der Waals surface area contributed by atoms with Gasteiger partial charge in [0.25, 0.3) is 6.48 Å². The van der Waals surface area contributed by atoms with Crippen LogP contribution in [0.4, 0.5) is 11.4 Å². The summed E-state index contributed by atoms with van der Waals surface area (Å²) in [6.45, 7) is -0.853. The summed E-state index contributed by atoms with van der Waals surface area (Å²) in [6, 6.07) is 22.3. The van der Waals surface area contributed by atoms with Gasteiger partial charge in [0.15, 0.2) is 11.5 Å². The van der Waals surface area contributed by atoms with Gasteiger partial charge >= 0.3 is 11.4 Å². The Morgan fingerprint density at radius 3 is 1.43 bits per heavy atom. The van der Waals surface area contributed by atoms with Crippen LogP contribution in [0.2, 0.25) is 0 Å². The van der Waals surface area contributed by atoms with Crippen LogP contribution in [0, 0.1) is 20.2 Å². The van der Waals surface area contributed by atoms with Crippen molar-refractivity contribution in [3.63, 3.8) is 0 Å². The van der Waals surface area contributed by atoms with Gasteiger partial charge in [0, 0.05) is 43.5 Å². The molecule has 2 N–H and O–H groups in total. The maximum absolute atomic E-state index is 11.0. The molecule has 0 spiro atoms. The smallest absolute Gasteiger partial charge is 0.310 e. The van der Waals surface area contributed by atoms with Crippen molar-refractivity contribution in [2.75, 3.05) is 0 Å². The molecule has 13 nitrogen and oxygen atoms in total. The van der Waals surface area contributed by atoms with Gasteiger partial charge in [0.2, 0.25) is 0 Å². The minimum atomic E-state index is -0.853. The maximum Gasteiger partial charge on any atom is 0.310 e. The molecule has 8 rings (SSSR count). The van der Waals surface area contributed by atoms with Gasteiger partial charge in [0.05, 0.1) is 16.0 Å². The van der Waals surface area contributed by atoms with E-state index in [1.54, 1.807) is 24.3 Å². The van der Waals surface area contributed by atoms with Crippen molar-refractivity contribution >= 4 is 11.4 Å². The number of rotatable bonds is 8. The number of phenolic OH excluding ortho intramolecular Hbond substituents is 2. The zero-order valence-corrected chi connectivity index (χ0v) is 22.8. The summed E-state index contributed by atoms with van der Waals surface area (Å²) in [6.07, 6.45) is 1.70. The first kappa shape index (κ1) is 27.6. The molecule has 0 amide bonds. The van der Waals surface area contributed by atoms with Crippen LogP contribution in [-0.2, 0) is 25.4 Å². The summed E-state index contributed by atoms with van der Waals surface area (Å²) >= 11 is 0. The number of nitro groups is 2. The molecule has 4 bridgehead atoms. The standard InChI is InChI=1S/C31H24N2O11/c34-27-13-22(9-11-25(27)32(36)37)40-20-5-1-18(2-6-20)30-15-24-16-31(17-30,44-29(42-24)43-30)19-3-7-21(8-4-19)41-23-10-12-26(33(38)39)28(35)14-23/h1-14,24,29,34-35H,15-17H2. The molecule has 3 saturated heterocycles. The van der Waals surface area contributed by atoms with Crippen molar-refractivity contribution < 1.29 is 43.7 Å². The lowest BCUT2D eigenvalue weighted by molar-refractivity contribution is -0.483. The molecule has 4 fully saturated rings. The highest BCUT2D eigenvalue weighted by Crippen LogP contribution is 2.59. The summed E-state index contributed by atoms with van der Waals surface area (Å²) < 4.78 is 30.2. The fourth-order valence-electron chi connectivity index (χ4n) is 6.24. The van der Waals surface area contributed by atoms with E-state index in [9.17, 15) is 30.4 Å². The van der Waals surface area contributed by atoms with Crippen LogP contribution < -0.4 is 9.47 Å². The lowest BCUT2D eigenvalue weighted by Crippen LogP contribution is -2.63. The van der Waals surface area contributed by atoms with Gasteiger partial charge in [-0.15, -0.1) is 0 Å². The molecule has 1 saturated carbocycles. The largest absolute Gasteiger partial charge is 0.502 e. The Kier molecular flexibility index (Phi) is 6.39. The quantitative estimate of drug-likeness (QED) is 0.167. The lowest BCUT2D eigenvalue weighted by Gasteiger charge is -2.60. The Bertz CT molecular complexity index is 1630. The minimum Gasteiger partial charge on any atom is -0.502 e. The van der Waals surface area contributed by atoms with Crippen LogP contribution in [0.5, 0.6) is 34.5 Å². The highest BCUT2D eigenvalue weighted by atomic mass is 16.9. The van der Waals surface area contributed by atoms with Gasteiger partial charge in [-0.3, -0.25) is 20.2 Å². The first-order chi connectivity index (χ1) is 21.1. The summed E-state index contributed by atoms with van der Waals surface area (Å²) in [7, 11) is 0. The van der Waals surface area contributed by atoms with Crippen LogP contribution in [0.15, 0.2) is 84.9 Å². The van der Waals surface area contributed by atoms with Crippen molar-refractivity contribution in [3.8, 4) is 34.5 Å². The molecule has 224 valence electrons. The molecule has 3 aliphatic heterocycles. The number of hydrogen-bond donors (Lipinski definition) is 2. The van der Waals surface area contributed by atoms with Crippen molar-refractivity contribution in [1.29, 1.82) is 0 Å². The van der Waals surface area contributed by atoms with Gasteiger partial charge in [0.1, 0.15) is 34.2 Å². The number of nitrogens with zero attached hydrogens (tertiary/aromatic N) is 2. The van der Waals surface area contributed by atoms with Gasteiger partial charge in [-0.05, 0) is 47.5 Å². The Hall–Kier alpha value is -5.24. The van der Waals surface area contributed by atoms with Crippen LogP contribution >= 0.6 is 0 Å². The summed E-state index contributed by atoms with van der Waals surface area (Å²) in [5.41, 5.74) is -0.340. The van der Waals surface area contributed by atoms with E-state index in [-0.39, 0.29) is 17.6 Å². The van der Waals surface area contributed by atoms with E-state index < -0.39 is 50.4 Å². The van der Waals surface area contributed by atoms with Crippen LogP contribution in [0.3, 0.4) is 0 Å². The van der Waals surface area contributed by atoms with Gasteiger partial charge in [-0.25, -0.2) is 0 Å². The number of phenols is 2. The first-order valence-electron chi connectivity index (χ1n) is 13.6. The van der Waals surface area contributed by atoms with E-state index >= 15 is 0 Å². The third kappa shape index (κ3) is 4.82. The third-order valence-corrected chi connectivity index (χ3v) is 8.15. The first-order valence-corrected chi connectivity index (χ1v) is 13.6. The number of ether oxygens (including phenoxy) is 5. The number of aromatic hydroxyl groups is 2. The van der Waals surface area contributed by atoms with Crippen LogP contribution in [0.25, 0.3) is 0 Å². The molecule has 4 aromatic carbocycles. The molecule has 2 atom stereocenters. The molecular weight excluding hydrogens is 576 g/mol. The van der Waals surface area contributed by atoms with E-state index in [4.69, 9.17) is 23.7 Å². The second-order valence-corrected chi connectivity index (χ2v) is 10.9. The Balaban J connectivity index is 1.10. The molecule has 1 aliphatic carbocycles. The van der Waals surface area contributed by atoms with Gasteiger partial charge < -0.3 is 33.9 Å². The van der Waals surface area contributed by atoms with Gasteiger partial charge in [-0.2, -0.15) is 0 Å². The second-order valence-electron chi connectivity index (χ2n) is 10.9. The van der Waals surface area contributed by atoms with Crippen molar-refractivity contribution in [2.24, 2.45) is 0 Å². The van der Waals surface area contributed by atoms with E-state index in [0.717, 1.165) is 11.1 Å². The van der Waals surface area contributed by atoms with Crippen LogP contribution in [-0.4, -0.2) is 32.6 Å². The van der Waals surface area contributed by atoms with E-state index in [0.29, 0.717) is 30.8 Å².